The van der Waals surface area contributed by atoms with Gasteiger partial charge in [0.15, 0.2) is 12.0 Å². The quantitative estimate of drug-likeness (QED) is 0.695. The molecule has 0 aliphatic carbocycles. The topological polar surface area (TPSA) is 85.1 Å². The second-order valence-corrected chi connectivity index (χ2v) is 8.23. The minimum atomic E-state index is -1.06. The van der Waals surface area contributed by atoms with Crippen LogP contribution in [0.25, 0.3) is 0 Å². The van der Waals surface area contributed by atoms with Gasteiger partial charge in [-0.25, -0.2) is 4.98 Å². The Kier molecular flexibility index (Phi) is 6.27. The minimum absolute atomic E-state index is 0.114. The van der Waals surface area contributed by atoms with Gasteiger partial charge in [-0.2, -0.15) is 0 Å². The Morgan fingerprint density at radius 2 is 2.00 bits per heavy atom. The molecule has 1 aromatic heterocycles. The number of amides is 2. The van der Waals surface area contributed by atoms with Crippen molar-refractivity contribution in [3.05, 3.63) is 47.7 Å². The van der Waals surface area contributed by atoms with E-state index in [1.54, 1.807) is 23.8 Å². The number of morpholine rings is 1. The third-order valence-electron chi connectivity index (χ3n) is 6.08. The smallest absolute Gasteiger partial charge is 0.291 e. The lowest BCUT2D eigenvalue weighted by Crippen LogP contribution is -2.61. The number of aromatic nitrogens is 1. The number of hydrogen-bond acceptors (Lipinski definition) is 6. The van der Waals surface area contributed by atoms with Crippen LogP contribution in [0.1, 0.15) is 41.1 Å². The highest BCUT2D eigenvalue weighted by molar-refractivity contribution is 5.93. The molecule has 166 valence electrons. The van der Waals surface area contributed by atoms with E-state index in [1.807, 2.05) is 18.2 Å². The van der Waals surface area contributed by atoms with Gasteiger partial charge in [-0.1, -0.05) is 18.2 Å². The van der Waals surface area contributed by atoms with E-state index >= 15 is 0 Å². The van der Waals surface area contributed by atoms with Crippen molar-refractivity contribution in [1.29, 1.82) is 0 Å². The van der Waals surface area contributed by atoms with Gasteiger partial charge in [-0.05, 0) is 44.2 Å². The SMILES string of the molecule is Cc1ncoc1C(=O)N1CCOC2(CCCCc3ccccc3OCCN(C)C2=O)C1. The lowest BCUT2D eigenvalue weighted by atomic mass is 9.91. The second-order valence-electron chi connectivity index (χ2n) is 8.23. The van der Waals surface area contributed by atoms with Crippen molar-refractivity contribution in [2.45, 2.75) is 38.2 Å². The highest BCUT2D eigenvalue weighted by Gasteiger charge is 2.46. The number of carbonyl (C=O) groups is 2. The largest absolute Gasteiger partial charge is 0.491 e. The summed E-state index contributed by atoms with van der Waals surface area (Å²) >= 11 is 0. The van der Waals surface area contributed by atoms with Crippen LogP contribution in [0.2, 0.25) is 0 Å². The van der Waals surface area contributed by atoms with Crippen molar-refractivity contribution in [3.8, 4) is 5.75 Å². The summed E-state index contributed by atoms with van der Waals surface area (Å²) in [7, 11) is 1.76. The summed E-state index contributed by atoms with van der Waals surface area (Å²) in [5, 5.41) is 0. The molecule has 1 unspecified atom stereocenters. The van der Waals surface area contributed by atoms with Gasteiger partial charge in [0.2, 0.25) is 5.76 Å². The van der Waals surface area contributed by atoms with E-state index in [0.717, 1.165) is 25.0 Å². The number of nitrogens with zero attached hydrogens (tertiary/aromatic N) is 3. The number of benzene rings is 1. The first-order valence-electron chi connectivity index (χ1n) is 10.8. The molecule has 0 N–H and O–H groups in total. The maximum atomic E-state index is 13.5. The van der Waals surface area contributed by atoms with E-state index in [1.165, 1.54) is 12.0 Å². The average molecular weight is 428 g/mol. The van der Waals surface area contributed by atoms with Crippen LogP contribution in [0.5, 0.6) is 5.75 Å². The zero-order valence-electron chi connectivity index (χ0n) is 18.1. The maximum Gasteiger partial charge on any atom is 0.291 e. The molecule has 0 bridgehead atoms. The number of oxazole rings is 1. The van der Waals surface area contributed by atoms with Crippen LogP contribution in [0.3, 0.4) is 0 Å². The number of para-hydroxylation sites is 1. The van der Waals surface area contributed by atoms with Gasteiger partial charge >= 0.3 is 0 Å². The molecule has 1 fully saturated rings. The molecule has 1 atom stereocenters. The molecule has 8 nitrogen and oxygen atoms in total. The Morgan fingerprint density at radius 3 is 2.81 bits per heavy atom. The number of carbonyl (C=O) groups excluding carboxylic acids is 2. The highest BCUT2D eigenvalue weighted by Crippen LogP contribution is 2.30. The molecule has 31 heavy (non-hydrogen) atoms. The van der Waals surface area contributed by atoms with Crippen LogP contribution >= 0.6 is 0 Å². The third kappa shape index (κ3) is 4.44. The van der Waals surface area contributed by atoms with Gasteiger partial charge < -0.3 is 23.7 Å². The molecule has 2 aliphatic rings. The summed E-state index contributed by atoms with van der Waals surface area (Å²) in [6.45, 7) is 3.49. The summed E-state index contributed by atoms with van der Waals surface area (Å²) in [4.78, 5) is 33.8. The lowest BCUT2D eigenvalue weighted by molar-refractivity contribution is -0.169. The van der Waals surface area contributed by atoms with Crippen molar-refractivity contribution in [2.24, 2.45) is 0 Å². The normalized spacial score (nSPS) is 23.0. The number of ether oxygens (including phenoxy) is 2. The Morgan fingerprint density at radius 1 is 1.16 bits per heavy atom. The molecule has 0 radical (unpaired) electrons. The fourth-order valence-corrected chi connectivity index (χ4v) is 4.31. The fraction of sp³-hybridized carbons (Fsp3) is 0.522. The molecular weight excluding hydrogens is 398 g/mol. The van der Waals surface area contributed by atoms with Crippen LogP contribution in [0.15, 0.2) is 35.1 Å². The predicted octanol–water partition coefficient (Wildman–Crippen LogP) is 2.46. The van der Waals surface area contributed by atoms with Crippen LogP contribution < -0.4 is 4.74 Å². The zero-order valence-corrected chi connectivity index (χ0v) is 18.1. The maximum absolute atomic E-state index is 13.5. The van der Waals surface area contributed by atoms with Crippen molar-refractivity contribution in [2.75, 3.05) is 39.9 Å². The van der Waals surface area contributed by atoms with E-state index in [2.05, 4.69) is 11.1 Å². The van der Waals surface area contributed by atoms with Gasteiger partial charge in [0.25, 0.3) is 11.8 Å². The molecule has 1 spiro atoms. The van der Waals surface area contributed by atoms with E-state index in [9.17, 15) is 9.59 Å². The first kappa shape index (κ1) is 21.4. The van der Waals surface area contributed by atoms with Crippen LogP contribution in [-0.4, -0.2) is 72.1 Å². The molecule has 2 aromatic rings. The van der Waals surface area contributed by atoms with E-state index in [0.29, 0.717) is 38.4 Å². The Balaban J connectivity index is 1.54. The summed E-state index contributed by atoms with van der Waals surface area (Å²) in [6.07, 6.45) is 4.40. The predicted molar refractivity (Wildman–Crippen MR) is 113 cm³/mol. The summed E-state index contributed by atoms with van der Waals surface area (Å²) in [5.74, 6) is 0.732. The first-order valence-corrected chi connectivity index (χ1v) is 10.8. The molecule has 1 aromatic carbocycles. The van der Waals surface area contributed by atoms with E-state index in [-0.39, 0.29) is 24.1 Å². The average Bonchev–Trinajstić information content (AvgIpc) is 3.21. The second kappa shape index (κ2) is 9.09. The number of aryl methyl sites for hydroxylation is 2. The Bertz CT molecular complexity index is 943. The van der Waals surface area contributed by atoms with Crippen molar-refractivity contribution >= 4 is 11.8 Å². The van der Waals surface area contributed by atoms with Gasteiger partial charge in [0.05, 0.1) is 25.4 Å². The van der Waals surface area contributed by atoms with Crippen molar-refractivity contribution in [3.63, 3.8) is 0 Å². The lowest BCUT2D eigenvalue weighted by Gasteiger charge is -2.43. The van der Waals surface area contributed by atoms with Crippen LogP contribution in [-0.2, 0) is 16.0 Å². The van der Waals surface area contributed by atoms with Gasteiger partial charge in [0, 0.05) is 13.6 Å². The molecule has 2 aliphatic heterocycles. The molecular formula is C23H29N3O5. The molecule has 2 amide bonds. The third-order valence-corrected chi connectivity index (χ3v) is 6.08. The molecule has 8 heteroatoms. The summed E-state index contributed by atoms with van der Waals surface area (Å²) < 4.78 is 17.4. The Labute approximate surface area is 182 Å². The van der Waals surface area contributed by atoms with Crippen molar-refractivity contribution < 1.29 is 23.5 Å². The summed E-state index contributed by atoms with van der Waals surface area (Å²) in [5.41, 5.74) is 0.659. The van der Waals surface area contributed by atoms with E-state index < -0.39 is 5.60 Å². The van der Waals surface area contributed by atoms with Gasteiger partial charge in [0.1, 0.15) is 12.4 Å². The van der Waals surface area contributed by atoms with E-state index in [4.69, 9.17) is 13.9 Å². The van der Waals surface area contributed by atoms with Crippen LogP contribution in [0, 0.1) is 6.92 Å². The minimum Gasteiger partial charge on any atom is -0.491 e. The number of fused-ring (bicyclic) bond motifs is 1. The zero-order chi connectivity index (χ0) is 21.8. The number of rotatable bonds is 1. The first-order chi connectivity index (χ1) is 15.0. The van der Waals surface area contributed by atoms with Gasteiger partial charge in [-0.15, -0.1) is 0 Å². The molecule has 0 saturated carbocycles. The summed E-state index contributed by atoms with van der Waals surface area (Å²) in [6, 6.07) is 8.04. The highest BCUT2D eigenvalue weighted by atomic mass is 16.5. The fourth-order valence-electron chi connectivity index (χ4n) is 4.31. The van der Waals surface area contributed by atoms with Gasteiger partial charge in [-0.3, -0.25) is 9.59 Å². The molecule has 3 heterocycles. The number of likely N-dealkylation sites (N-methyl/N-ethyl adjacent to an activating group) is 1. The molecule has 1 saturated heterocycles. The number of hydrogen-bond donors (Lipinski definition) is 0. The standard InChI is InChI=1S/C23H29N3O5/c1-17-20(30-16-24-17)21(27)26-12-14-31-23(15-26)10-6-5-8-18-7-3-4-9-19(18)29-13-11-25(2)22(23)28/h3-4,7,9,16H,5-6,8,10-15H2,1-2H3. The monoisotopic (exact) mass is 427 g/mol. The van der Waals surface area contributed by atoms with Crippen LogP contribution in [0.4, 0.5) is 0 Å². The Hall–Kier alpha value is -2.87. The van der Waals surface area contributed by atoms with Crippen molar-refractivity contribution in [1.82, 2.24) is 14.8 Å². The molecule has 4 rings (SSSR count).